The molecule has 3 aromatic rings. The number of rotatable bonds is 5. The summed E-state index contributed by atoms with van der Waals surface area (Å²) in [7, 11) is 0. The number of pyridine rings is 1. The zero-order valence-corrected chi connectivity index (χ0v) is 17.3. The van der Waals surface area contributed by atoms with Gasteiger partial charge in [-0.2, -0.15) is 23.7 Å². The van der Waals surface area contributed by atoms with Crippen LogP contribution >= 0.6 is 0 Å². The third kappa shape index (κ3) is 4.39. The number of carbonyl (C=O) groups excluding carboxylic acids is 1. The number of alkyl halides is 3. The van der Waals surface area contributed by atoms with Crippen LogP contribution in [0.2, 0.25) is 0 Å². The topological polar surface area (TPSA) is 120 Å². The van der Waals surface area contributed by atoms with Crippen LogP contribution in [0.5, 0.6) is 0 Å². The summed E-state index contributed by atoms with van der Waals surface area (Å²) in [5, 5.41) is 25.1. The Kier molecular flexibility index (Phi) is 5.34. The predicted molar refractivity (Wildman–Crippen MR) is 108 cm³/mol. The van der Waals surface area contributed by atoms with Crippen molar-refractivity contribution in [3.8, 4) is 18.0 Å². The van der Waals surface area contributed by atoms with E-state index < -0.39 is 29.1 Å². The molecule has 0 saturated heterocycles. The van der Waals surface area contributed by atoms with Gasteiger partial charge in [0.25, 0.3) is 5.91 Å². The molecule has 33 heavy (non-hydrogen) atoms. The SMILES string of the molecule is CC(NC(=O)c1cc(C(F)(F)F)cc(C2(C#N)CC2)c1)c1ncn(-c2ccc(C#N)cn2)n1. The number of hydrogen-bond acceptors (Lipinski definition) is 6. The van der Waals surface area contributed by atoms with Crippen LogP contribution < -0.4 is 5.32 Å². The molecule has 0 spiro atoms. The molecule has 2 aromatic heterocycles. The first kappa shape index (κ1) is 22.0. The molecule has 0 radical (unpaired) electrons. The van der Waals surface area contributed by atoms with Gasteiger partial charge in [0.2, 0.25) is 0 Å². The molecular weight excluding hydrogens is 435 g/mol. The average Bonchev–Trinajstić information content (AvgIpc) is 3.46. The molecule has 1 atom stereocenters. The molecule has 0 aliphatic heterocycles. The largest absolute Gasteiger partial charge is 0.416 e. The number of halogens is 3. The molecule has 0 bridgehead atoms. The van der Waals surface area contributed by atoms with E-state index in [2.05, 4.69) is 26.5 Å². The van der Waals surface area contributed by atoms with E-state index in [4.69, 9.17) is 5.26 Å². The Morgan fingerprint density at radius 1 is 1.21 bits per heavy atom. The Labute approximate surface area is 186 Å². The van der Waals surface area contributed by atoms with Crippen LogP contribution in [0.15, 0.2) is 42.9 Å². The molecule has 1 aliphatic carbocycles. The molecule has 8 nitrogen and oxygen atoms in total. The van der Waals surface area contributed by atoms with Crippen LogP contribution in [0, 0.1) is 22.7 Å². The van der Waals surface area contributed by atoms with Crippen LogP contribution in [0.1, 0.15) is 58.7 Å². The zero-order valence-electron chi connectivity index (χ0n) is 17.3. The molecule has 2 heterocycles. The van der Waals surface area contributed by atoms with Crippen molar-refractivity contribution in [3.05, 3.63) is 70.9 Å². The lowest BCUT2D eigenvalue weighted by atomic mass is 9.93. The van der Waals surface area contributed by atoms with Gasteiger partial charge in [0, 0.05) is 11.8 Å². The Bertz CT molecular complexity index is 1300. The Morgan fingerprint density at radius 3 is 2.55 bits per heavy atom. The van der Waals surface area contributed by atoms with E-state index in [9.17, 15) is 23.2 Å². The van der Waals surface area contributed by atoms with E-state index in [-0.39, 0.29) is 17.0 Å². The molecule has 1 amide bonds. The minimum absolute atomic E-state index is 0.187. The average molecular weight is 451 g/mol. The molecule has 1 aliphatic rings. The maximum absolute atomic E-state index is 13.4. The third-order valence-electron chi connectivity index (χ3n) is 5.40. The van der Waals surface area contributed by atoms with Crippen molar-refractivity contribution in [2.45, 2.75) is 37.4 Å². The van der Waals surface area contributed by atoms with Crippen LogP contribution in [-0.4, -0.2) is 25.7 Å². The molecule has 1 fully saturated rings. The minimum atomic E-state index is -4.66. The van der Waals surface area contributed by atoms with Gasteiger partial charge in [-0.3, -0.25) is 4.79 Å². The fourth-order valence-corrected chi connectivity index (χ4v) is 3.31. The van der Waals surface area contributed by atoms with Gasteiger partial charge in [-0.25, -0.2) is 14.6 Å². The van der Waals surface area contributed by atoms with E-state index in [0.717, 1.165) is 12.1 Å². The molecule has 1 unspecified atom stereocenters. The summed E-state index contributed by atoms with van der Waals surface area (Å²) in [6.07, 6.45) is -1.00. The molecule has 11 heteroatoms. The molecule has 166 valence electrons. The fourth-order valence-electron chi connectivity index (χ4n) is 3.31. The summed E-state index contributed by atoms with van der Waals surface area (Å²) in [6.45, 7) is 1.59. The Balaban J connectivity index is 1.56. The standard InChI is InChI=1S/C22H16F3N7O/c1-13(19-29-12-32(31-19)18-3-2-14(9-26)10-28-18)30-20(33)15-6-16(21(11-27)4-5-21)8-17(7-15)22(23,24)25/h2-3,6-8,10,12-13H,4-5H2,1H3,(H,30,33). The smallest absolute Gasteiger partial charge is 0.342 e. The number of aromatic nitrogens is 4. The highest BCUT2D eigenvalue weighted by atomic mass is 19.4. The second-order valence-corrected chi connectivity index (χ2v) is 7.75. The third-order valence-corrected chi connectivity index (χ3v) is 5.40. The maximum atomic E-state index is 13.4. The number of carbonyl (C=O) groups is 1. The predicted octanol–water partition coefficient (Wildman–Crippen LogP) is 3.60. The molecule has 1 aromatic carbocycles. The van der Waals surface area contributed by atoms with Gasteiger partial charge in [0.05, 0.1) is 28.7 Å². The first-order valence-electron chi connectivity index (χ1n) is 9.88. The second-order valence-electron chi connectivity index (χ2n) is 7.75. The summed E-state index contributed by atoms with van der Waals surface area (Å²) in [5.41, 5.74) is -1.58. The highest BCUT2D eigenvalue weighted by Crippen LogP contribution is 2.48. The van der Waals surface area contributed by atoms with Gasteiger partial charge in [-0.15, -0.1) is 5.10 Å². The highest BCUT2D eigenvalue weighted by Gasteiger charge is 2.46. The van der Waals surface area contributed by atoms with E-state index >= 15 is 0 Å². The lowest BCUT2D eigenvalue weighted by Crippen LogP contribution is -2.28. The molecular formula is C22H16F3N7O. The van der Waals surface area contributed by atoms with Gasteiger partial charge < -0.3 is 5.32 Å². The molecule has 1 saturated carbocycles. The maximum Gasteiger partial charge on any atom is 0.416 e. The number of nitrogens with zero attached hydrogens (tertiary/aromatic N) is 6. The normalized spacial score (nSPS) is 15.2. The van der Waals surface area contributed by atoms with Crippen LogP contribution in [0.3, 0.4) is 0 Å². The van der Waals surface area contributed by atoms with Crippen molar-refractivity contribution < 1.29 is 18.0 Å². The number of nitriles is 2. The van der Waals surface area contributed by atoms with E-state index in [1.54, 1.807) is 19.1 Å². The van der Waals surface area contributed by atoms with Crippen molar-refractivity contribution in [1.82, 2.24) is 25.1 Å². The number of nitrogens with one attached hydrogen (secondary N) is 1. The van der Waals surface area contributed by atoms with E-state index in [0.29, 0.717) is 24.2 Å². The lowest BCUT2D eigenvalue weighted by molar-refractivity contribution is -0.137. The first-order valence-corrected chi connectivity index (χ1v) is 9.88. The van der Waals surface area contributed by atoms with Crippen molar-refractivity contribution >= 4 is 5.91 Å². The van der Waals surface area contributed by atoms with Gasteiger partial charge in [-0.1, -0.05) is 0 Å². The summed E-state index contributed by atoms with van der Waals surface area (Å²) in [5.74, 6) is -0.117. The first-order chi connectivity index (χ1) is 15.6. The van der Waals surface area contributed by atoms with E-state index in [1.807, 2.05) is 6.07 Å². The highest BCUT2D eigenvalue weighted by molar-refractivity contribution is 5.95. The minimum Gasteiger partial charge on any atom is -0.342 e. The van der Waals surface area contributed by atoms with Gasteiger partial charge in [0.15, 0.2) is 11.6 Å². The summed E-state index contributed by atoms with van der Waals surface area (Å²) in [4.78, 5) is 21.0. The van der Waals surface area contributed by atoms with Gasteiger partial charge in [-0.05, 0) is 55.7 Å². The number of benzene rings is 1. The second kappa shape index (κ2) is 8.02. The lowest BCUT2D eigenvalue weighted by Gasteiger charge is -2.16. The molecule has 4 rings (SSSR count). The quantitative estimate of drug-likeness (QED) is 0.633. The van der Waals surface area contributed by atoms with Crippen LogP contribution in [-0.2, 0) is 11.6 Å². The van der Waals surface area contributed by atoms with Gasteiger partial charge >= 0.3 is 6.18 Å². The zero-order chi connectivity index (χ0) is 23.8. The van der Waals surface area contributed by atoms with Crippen molar-refractivity contribution in [2.24, 2.45) is 0 Å². The van der Waals surface area contributed by atoms with Crippen LogP contribution in [0.25, 0.3) is 5.82 Å². The Morgan fingerprint density at radius 2 is 1.97 bits per heavy atom. The number of amides is 1. The van der Waals surface area contributed by atoms with Gasteiger partial charge in [0.1, 0.15) is 12.4 Å². The van der Waals surface area contributed by atoms with Crippen molar-refractivity contribution in [3.63, 3.8) is 0 Å². The van der Waals surface area contributed by atoms with Crippen LogP contribution in [0.4, 0.5) is 13.2 Å². The summed E-state index contributed by atoms with van der Waals surface area (Å²) < 4.78 is 41.6. The fraction of sp³-hybridized carbons (Fsp3) is 0.273. The van der Waals surface area contributed by atoms with Crippen molar-refractivity contribution in [2.75, 3.05) is 0 Å². The summed E-state index contributed by atoms with van der Waals surface area (Å²) in [6, 6.07) is 9.47. The van der Waals surface area contributed by atoms with Crippen molar-refractivity contribution in [1.29, 1.82) is 10.5 Å². The molecule has 1 N–H and O–H groups in total. The Hall–Kier alpha value is -4.25. The summed E-state index contributed by atoms with van der Waals surface area (Å²) >= 11 is 0. The number of hydrogen-bond donors (Lipinski definition) is 1. The monoisotopic (exact) mass is 451 g/mol. The van der Waals surface area contributed by atoms with E-state index in [1.165, 1.54) is 23.3 Å².